The van der Waals surface area contributed by atoms with Gasteiger partial charge in [-0.05, 0) is 6.07 Å². The van der Waals surface area contributed by atoms with Gasteiger partial charge >= 0.3 is 0 Å². The van der Waals surface area contributed by atoms with Gasteiger partial charge in [-0.1, -0.05) is 0 Å². The number of rotatable bonds is 3. The number of benzene rings is 1. The fourth-order valence-corrected chi connectivity index (χ4v) is 1.18. The molecular formula is C9H10F3NO2. The van der Waals surface area contributed by atoms with Crippen molar-refractivity contribution in [1.82, 2.24) is 0 Å². The Bertz CT molecular complexity index is 371. The predicted molar refractivity (Wildman–Crippen MR) is 46.9 cm³/mol. The third kappa shape index (κ3) is 2.05. The van der Waals surface area contributed by atoms with E-state index in [0.717, 1.165) is 7.11 Å². The largest absolute Gasteiger partial charge is 0.493 e. The van der Waals surface area contributed by atoms with Gasteiger partial charge in [-0.2, -0.15) is 4.39 Å². The Morgan fingerprint density at radius 1 is 1.40 bits per heavy atom. The predicted octanol–water partition coefficient (Wildman–Crippen LogP) is 1.10. The number of ether oxygens (including phenoxy) is 1. The first-order chi connectivity index (χ1) is 7.02. The Kier molecular flexibility index (Phi) is 3.54. The second kappa shape index (κ2) is 4.50. The molecule has 0 spiro atoms. The SMILES string of the molecule is COc1c(C(O)CN)cc(F)c(F)c1F. The normalized spacial score (nSPS) is 12.7. The van der Waals surface area contributed by atoms with Crippen molar-refractivity contribution in [1.29, 1.82) is 0 Å². The maximum Gasteiger partial charge on any atom is 0.204 e. The van der Waals surface area contributed by atoms with Crippen LogP contribution in [0.25, 0.3) is 0 Å². The Labute approximate surface area is 84.3 Å². The molecule has 84 valence electrons. The van der Waals surface area contributed by atoms with Gasteiger partial charge in [0, 0.05) is 12.1 Å². The van der Waals surface area contributed by atoms with Crippen LogP contribution in [-0.4, -0.2) is 18.8 Å². The van der Waals surface area contributed by atoms with Gasteiger partial charge in [-0.15, -0.1) is 0 Å². The maximum atomic E-state index is 13.1. The summed E-state index contributed by atoms with van der Waals surface area (Å²) < 4.78 is 43.3. The summed E-state index contributed by atoms with van der Waals surface area (Å²) in [5, 5.41) is 9.32. The molecule has 3 N–H and O–H groups in total. The zero-order chi connectivity index (χ0) is 11.6. The second-order valence-corrected chi connectivity index (χ2v) is 2.86. The standard InChI is InChI=1S/C9H10F3NO2/c1-15-9-4(6(14)3-13)2-5(10)7(11)8(9)12/h2,6,14H,3,13H2,1H3. The van der Waals surface area contributed by atoms with Gasteiger partial charge in [0.25, 0.3) is 0 Å². The van der Waals surface area contributed by atoms with Crippen molar-refractivity contribution in [2.75, 3.05) is 13.7 Å². The zero-order valence-electron chi connectivity index (χ0n) is 7.93. The van der Waals surface area contributed by atoms with E-state index in [1.165, 1.54) is 0 Å². The van der Waals surface area contributed by atoms with Gasteiger partial charge in [-0.3, -0.25) is 0 Å². The molecule has 0 aromatic heterocycles. The van der Waals surface area contributed by atoms with Crippen LogP contribution in [0.2, 0.25) is 0 Å². The molecule has 6 heteroatoms. The molecule has 0 heterocycles. The summed E-state index contributed by atoms with van der Waals surface area (Å²) in [6, 6.07) is 0.661. The fourth-order valence-electron chi connectivity index (χ4n) is 1.18. The quantitative estimate of drug-likeness (QED) is 0.751. The van der Waals surface area contributed by atoms with Crippen LogP contribution >= 0.6 is 0 Å². The number of hydrogen-bond donors (Lipinski definition) is 2. The molecule has 0 fully saturated rings. The number of hydrogen-bond acceptors (Lipinski definition) is 3. The smallest absolute Gasteiger partial charge is 0.204 e. The van der Waals surface area contributed by atoms with Gasteiger partial charge in [0.1, 0.15) is 0 Å². The molecule has 0 aliphatic heterocycles. The Morgan fingerprint density at radius 3 is 2.47 bits per heavy atom. The van der Waals surface area contributed by atoms with E-state index in [1.807, 2.05) is 0 Å². The molecule has 0 radical (unpaired) electrons. The summed E-state index contributed by atoms with van der Waals surface area (Å²) in [5.74, 6) is -5.04. The third-order valence-corrected chi connectivity index (χ3v) is 1.93. The minimum absolute atomic E-state index is 0.212. The maximum absolute atomic E-state index is 13.1. The van der Waals surface area contributed by atoms with Gasteiger partial charge < -0.3 is 15.6 Å². The molecule has 1 atom stereocenters. The first-order valence-electron chi connectivity index (χ1n) is 4.12. The lowest BCUT2D eigenvalue weighted by molar-refractivity contribution is 0.179. The topological polar surface area (TPSA) is 55.5 Å². The number of halogens is 3. The number of aliphatic hydroxyl groups excluding tert-OH is 1. The molecule has 15 heavy (non-hydrogen) atoms. The lowest BCUT2D eigenvalue weighted by Gasteiger charge is -2.14. The Hall–Kier alpha value is -1.27. The highest BCUT2D eigenvalue weighted by Crippen LogP contribution is 2.30. The van der Waals surface area contributed by atoms with Crippen LogP contribution in [0.5, 0.6) is 5.75 Å². The fraction of sp³-hybridized carbons (Fsp3) is 0.333. The average Bonchev–Trinajstić information content (AvgIpc) is 2.24. The van der Waals surface area contributed by atoms with Crippen molar-refractivity contribution in [3.05, 3.63) is 29.1 Å². The van der Waals surface area contributed by atoms with E-state index in [1.54, 1.807) is 0 Å². The van der Waals surface area contributed by atoms with Crippen molar-refractivity contribution >= 4 is 0 Å². The second-order valence-electron chi connectivity index (χ2n) is 2.86. The monoisotopic (exact) mass is 221 g/mol. The molecular weight excluding hydrogens is 211 g/mol. The van der Waals surface area contributed by atoms with Gasteiger partial charge in [0.05, 0.1) is 13.2 Å². The summed E-state index contributed by atoms with van der Waals surface area (Å²) in [5.41, 5.74) is 4.91. The summed E-state index contributed by atoms with van der Waals surface area (Å²) >= 11 is 0. The van der Waals surface area contributed by atoms with Crippen molar-refractivity contribution < 1.29 is 23.0 Å². The minimum atomic E-state index is -1.64. The highest BCUT2D eigenvalue weighted by Gasteiger charge is 2.22. The summed E-state index contributed by atoms with van der Waals surface area (Å²) in [6.45, 7) is -0.249. The van der Waals surface area contributed by atoms with E-state index in [-0.39, 0.29) is 12.1 Å². The lowest BCUT2D eigenvalue weighted by atomic mass is 10.1. The van der Waals surface area contributed by atoms with E-state index in [2.05, 4.69) is 4.74 Å². The first kappa shape index (κ1) is 11.8. The van der Waals surface area contributed by atoms with Crippen molar-refractivity contribution in [3.63, 3.8) is 0 Å². The average molecular weight is 221 g/mol. The van der Waals surface area contributed by atoms with Crippen LogP contribution in [-0.2, 0) is 0 Å². The Morgan fingerprint density at radius 2 is 2.00 bits per heavy atom. The molecule has 0 saturated carbocycles. The summed E-state index contributed by atoms with van der Waals surface area (Å²) in [4.78, 5) is 0. The molecule has 1 aromatic carbocycles. The molecule has 0 saturated heterocycles. The van der Waals surface area contributed by atoms with Gasteiger partial charge in [-0.25, -0.2) is 8.78 Å². The van der Waals surface area contributed by atoms with Crippen LogP contribution in [0.3, 0.4) is 0 Å². The highest BCUT2D eigenvalue weighted by atomic mass is 19.2. The van der Waals surface area contributed by atoms with E-state index in [9.17, 15) is 18.3 Å². The lowest BCUT2D eigenvalue weighted by Crippen LogP contribution is -2.14. The number of nitrogens with two attached hydrogens (primary N) is 1. The Balaban J connectivity index is 3.38. The molecule has 0 amide bonds. The molecule has 3 nitrogen and oxygen atoms in total. The van der Waals surface area contributed by atoms with Crippen LogP contribution in [0.4, 0.5) is 13.2 Å². The minimum Gasteiger partial charge on any atom is -0.493 e. The van der Waals surface area contributed by atoms with Crippen molar-refractivity contribution in [3.8, 4) is 5.75 Å². The van der Waals surface area contributed by atoms with Crippen LogP contribution in [0.1, 0.15) is 11.7 Å². The van der Waals surface area contributed by atoms with Gasteiger partial charge in [0.2, 0.25) is 5.82 Å². The van der Waals surface area contributed by atoms with Crippen LogP contribution in [0, 0.1) is 17.5 Å². The van der Waals surface area contributed by atoms with Gasteiger partial charge in [0.15, 0.2) is 17.4 Å². The molecule has 1 unspecified atom stereocenters. The van der Waals surface area contributed by atoms with Crippen molar-refractivity contribution in [2.45, 2.75) is 6.10 Å². The molecule has 1 rings (SSSR count). The molecule has 0 aliphatic rings. The molecule has 0 bridgehead atoms. The third-order valence-electron chi connectivity index (χ3n) is 1.93. The summed E-state index contributed by atoms with van der Waals surface area (Å²) in [7, 11) is 1.09. The van der Waals surface area contributed by atoms with E-state index < -0.39 is 29.3 Å². The molecule has 1 aromatic rings. The van der Waals surface area contributed by atoms with E-state index >= 15 is 0 Å². The van der Waals surface area contributed by atoms with Crippen molar-refractivity contribution in [2.24, 2.45) is 5.73 Å². The first-order valence-corrected chi connectivity index (χ1v) is 4.12. The highest BCUT2D eigenvalue weighted by molar-refractivity contribution is 5.38. The number of methoxy groups -OCH3 is 1. The molecule has 0 aliphatic carbocycles. The summed E-state index contributed by atoms with van der Waals surface area (Å²) in [6.07, 6.45) is -1.30. The van der Waals surface area contributed by atoms with Crippen LogP contribution in [0.15, 0.2) is 6.07 Å². The van der Waals surface area contributed by atoms with E-state index in [4.69, 9.17) is 5.73 Å². The van der Waals surface area contributed by atoms with Crippen LogP contribution < -0.4 is 10.5 Å². The zero-order valence-corrected chi connectivity index (χ0v) is 7.93. The van der Waals surface area contributed by atoms with E-state index in [0.29, 0.717) is 6.07 Å². The number of aliphatic hydroxyl groups is 1.